The van der Waals surface area contributed by atoms with E-state index in [1.165, 1.54) is 0 Å². The zero-order valence-corrected chi connectivity index (χ0v) is 12.6. The van der Waals surface area contributed by atoms with Crippen molar-refractivity contribution < 1.29 is 19.7 Å². The number of ketones is 1. The number of hydrogen-bond acceptors (Lipinski definition) is 4. The highest BCUT2D eigenvalue weighted by Crippen LogP contribution is 2.57. The number of carbonyl (C=O) groups excluding carboxylic acids is 1. The van der Waals surface area contributed by atoms with E-state index in [1.807, 2.05) is 32.9 Å². The lowest BCUT2D eigenvalue weighted by molar-refractivity contribution is -0.195. The summed E-state index contributed by atoms with van der Waals surface area (Å²) in [6.45, 7) is 5.51. The fourth-order valence-electron chi connectivity index (χ4n) is 3.53. The van der Waals surface area contributed by atoms with Crippen molar-refractivity contribution in [1.29, 1.82) is 0 Å². The number of allylic oxidation sites excluding steroid dienone is 1. The number of aliphatic hydroxyl groups excluding tert-OH is 1. The molecular weight excluding hydrogens is 256 g/mol. The second-order valence-electron chi connectivity index (χ2n) is 6.62. The molecule has 112 valence electrons. The molecule has 2 aliphatic carbocycles. The zero-order valence-electron chi connectivity index (χ0n) is 12.6. The van der Waals surface area contributed by atoms with Crippen LogP contribution in [0.15, 0.2) is 23.3 Å². The second-order valence-corrected chi connectivity index (χ2v) is 6.62. The molecule has 20 heavy (non-hydrogen) atoms. The van der Waals surface area contributed by atoms with Crippen LogP contribution in [-0.2, 0) is 9.53 Å². The van der Waals surface area contributed by atoms with Crippen LogP contribution in [0, 0.1) is 11.3 Å². The molecule has 0 spiro atoms. The molecule has 0 saturated heterocycles. The summed E-state index contributed by atoms with van der Waals surface area (Å²) in [7, 11) is 1.59. The number of rotatable bonds is 2. The molecular formula is C16H24O4. The number of aliphatic hydroxyl groups is 2. The predicted molar refractivity (Wildman–Crippen MR) is 76.2 cm³/mol. The maximum Gasteiger partial charge on any atom is 0.169 e. The lowest BCUT2D eigenvalue weighted by atomic mass is 9.48. The van der Waals surface area contributed by atoms with Crippen molar-refractivity contribution in [3.05, 3.63) is 23.3 Å². The molecule has 0 aromatic heterocycles. The van der Waals surface area contributed by atoms with Gasteiger partial charge in [-0.25, -0.2) is 0 Å². The summed E-state index contributed by atoms with van der Waals surface area (Å²) in [5.41, 5.74) is -0.277. The fourth-order valence-corrected chi connectivity index (χ4v) is 3.53. The molecule has 0 radical (unpaired) electrons. The van der Waals surface area contributed by atoms with Crippen molar-refractivity contribution >= 4 is 5.78 Å². The number of ether oxygens (including phenoxy) is 1. The largest absolute Gasteiger partial charge is 0.392 e. The Bertz CT molecular complexity index is 475. The first-order valence-electron chi connectivity index (χ1n) is 7.03. The fraction of sp³-hybridized carbons (Fsp3) is 0.688. The standard InChI is InChI=1S/C16H24O4/c1-10-5-12(20-4)7-11(9-17)13-8-15(2,3)16(13,19)14(18)6-10/h5,7,12-13,17,19H,6,8-9H2,1-4H3/b10-5+,11-7?/t12-,13-,16-/m1/s1. The van der Waals surface area contributed by atoms with E-state index in [1.54, 1.807) is 7.11 Å². The molecule has 4 heteroatoms. The Morgan fingerprint density at radius 1 is 1.40 bits per heavy atom. The molecule has 2 N–H and O–H groups in total. The highest BCUT2D eigenvalue weighted by atomic mass is 16.5. The minimum atomic E-state index is -1.39. The summed E-state index contributed by atoms with van der Waals surface area (Å²) >= 11 is 0. The second kappa shape index (κ2) is 5.10. The van der Waals surface area contributed by atoms with Crippen LogP contribution in [0.1, 0.15) is 33.6 Å². The maximum atomic E-state index is 12.5. The van der Waals surface area contributed by atoms with Crippen molar-refractivity contribution in [1.82, 2.24) is 0 Å². The average molecular weight is 280 g/mol. The van der Waals surface area contributed by atoms with E-state index in [2.05, 4.69) is 0 Å². The quantitative estimate of drug-likeness (QED) is 0.754. The normalized spacial score (nSPS) is 39.4. The molecule has 0 amide bonds. The van der Waals surface area contributed by atoms with E-state index in [0.29, 0.717) is 12.0 Å². The highest BCUT2D eigenvalue weighted by Gasteiger charge is 2.64. The Hall–Kier alpha value is -0.970. The predicted octanol–water partition coefficient (Wildman–Crippen LogP) is 1.62. The number of carbonyl (C=O) groups is 1. The average Bonchev–Trinajstić information content (AvgIpc) is 2.41. The molecule has 2 aliphatic rings. The lowest BCUT2D eigenvalue weighted by Crippen LogP contribution is -2.66. The van der Waals surface area contributed by atoms with Crippen LogP contribution in [0.4, 0.5) is 0 Å². The molecule has 0 aromatic carbocycles. The number of methoxy groups -OCH3 is 1. The monoisotopic (exact) mass is 280 g/mol. The van der Waals surface area contributed by atoms with E-state index < -0.39 is 11.0 Å². The van der Waals surface area contributed by atoms with Crippen molar-refractivity contribution in [2.45, 2.75) is 45.3 Å². The Morgan fingerprint density at radius 2 is 2.05 bits per heavy atom. The van der Waals surface area contributed by atoms with Gasteiger partial charge in [-0.3, -0.25) is 4.79 Å². The minimum Gasteiger partial charge on any atom is -0.392 e. The van der Waals surface area contributed by atoms with Crippen molar-refractivity contribution in [2.24, 2.45) is 11.3 Å². The number of fused-ring (bicyclic) bond motifs is 1. The van der Waals surface area contributed by atoms with E-state index in [0.717, 1.165) is 5.57 Å². The van der Waals surface area contributed by atoms with Crippen molar-refractivity contribution in [3.63, 3.8) is 0 Å². The highest BCUT2D eigenvalue weighted by molar-refractivity contribution is 5.92. The topological polar surface area (TPSA) is 66.8 Å². The molecule has 4 nitrogen and oxygen atoms in total. The molecule has 0 aromatic rings. The Balaban J connectivity index is 2.50. The van der Waals surface area contributed by atoms with E-state index in [4.69, 9.17) is 4.74 Å². The molecule has 1 saturated carbocycles. The van der Waals surface area contributed by atoms with E-state index in [9.17, 15) is 15.0 Å². The van der Waals surface area contributed by atoms with E-state index in [-0.39, 0.29) is 30.8 Å². The van der Waals surface area contributed by atoms with Gasteiger partial charge in [0.15, 0.2) is 5.78 Å². The molecule has 2 rings (SSSR count). The molecule has 0 aliphatic heterocycles. The molecule has 0 bridgehead atoms. The summed E-state index contributed by atoms with van der Waals surface area (Å²) in [6, 6.07) is 0. The molecule has 1 fully saturated rings. The van der Waals surface area contributed by atoms with Gasteiger partial charge in [0.1, 0.15) is 5.60 Å². The summed E-state index contributed by atoms with van der Waals surface area (Å²) in [5, 5.41) is 20.6. The molecule has 0 heterocycles. The first-order chi connectivity index (χ1) is 9.26. The summed E-state index contributed by atoms with van der Waals surface area (Å²) in [4.78, 5) is 12.5. The van der Waals surface area contributed by atoms with Gasteiger partial charge in [-0.1, -0.05) is 31.6 Å². The van der Waals surface area contributed by atoms with Gasteiger partial charge in [-0.05, 0) is 18.9 Å². The van der Waals surface area contributed by atoms with Gasteiger partial charge in [-0.15, -0.1) is 0 Å². The third-order valence-corrected chi connectivity index (χ3v) is 4.84. The number of Topliss-reactive ketones (excluding diaryl/α,β-unsaturated/α-hetero) is 1. The summed E-state index contributed by atoms with van der Waals surface area (Å²) in [6.07, 6.45) is 4.35. The van der Waals surface area contributed by atoms with Gasteiger partial charge in [0.2, 0.25) is 0 Å². The third-order valence-electron chi connectivity index (χ3n) is 4.84. The lowest BCUT2D eigenvalue weighted by Gasteiger charge is -2.58. The summed E-state index contributed by atoms with van der Waals surface area (Å²) in [5.74, 6) is -0.476. The third kappa shape index (κ3) is 2.16. The first kappa shape index (κ1) is 15.4. The SMILES string of the molecule is CO[C@H]1C=C(CO)[C@H]2CC(C)(C)[C@]2(O)C(=O)C/C(C)=C/1. The Labute approximate surface area is 120 Å². The van der Waals surface area contributed by atoms with Crippen LogP contribution in [0.3, 0.4) is 0 Å². The van der Waals surface area contributed by atoms with Crippen LogP contribution >= 0.6 is 0 Å². The summed E-state index contributed by atoms with van der Waals surface area (Å²) < 4.78 is 5.36. The Morgan fingerprint density at radius 3 is 2.55 bits per heavy atom. The van der Waals surface area contributed by atoms with Gasteiger partial charge in [0, 0.05) is 24.9 Å². The van der Waals surface area contributed by atoms with Crippen molar-refractivity contribution in [3.8, 4) is 0 Å². The molecule has 0 unspecified atom stereocenters. The van der Waals surface area contributed by atoms with Gasteiger partial charge < -0.3 is 14.9 Å². The van der Waals surface area contributed by atoms with Gasteiger partial charge >= 0.3 is 0 Å². The van der Waals surface area contributed by atoms with Gasteiger partial charge in [-0.2, -0.15) is 0 Å². The van der Waals surface area contributed by atoms with E-state index >= 15 is 0 Å². The zero-order chi connectivity index (χ0) is 15.1. The minimum absolute atomic E-state index is 0.163. The maximum absolute atomic E-state index is 12.5. The first-order valence-corrected chi connectivity index (χ1v) is 7.03. The van der Waals surface area contributed by atoms with Crippen LogP contribution in [0.25, 0.3) is 0 Å². The van der Waals surface area contributed by atoms with Crippen LogP contribution in [0.5, 0.6) is 0 Å². The van der Waals surface area contributed by atoms with Crippen LogP contribution < -0.4 is 0 Å². The van der Waals surface area contributed by atoms with Gasteiger partial charge in [0.25, 0.3) is 0 Å². The Kier molecular flexibility index (Phi) is 3.93. The van der Waals surface area contributed by atoms with Gasteiger partial charge in [0.05, 0.1) is 12.7 Å². The molecule has 3 atom stereocenters. The van der Waals surface area contributed by atoms with Crippen molar-refractivity contribution in [2.75, 3.05) is 13.7 Å². The van der Waals surface area contributed by atoms with Crippen LogP contribution in [0.2, 0.25) is 0 Å². The number of hydrogen-bond donors (Lipinski definition) is 2. The smallest absolute Gasteiger partial charge is 0.169 e. The van der Waals surface area contributed by atoms with Crippen LogP contribution in [-0.4, -0.2) is 41.4 Å².